The van der Waals surface area contributed by atoms with E-state index in [2.05, 4.69) is 4.98 Å². The summed E-state index contributed by atoms with van der Waals surface area (Å²) < 4.78 is 0. The topological polar surface area (TPSA) is 56.9 Å². The third-order valence-electron chi connectivity index (χ3n) is 1.40. The molecule has 1 N–H and O–H groups in total. The first-order valence-corrected chi connectivity index (χ1v) is 3.49. The monoisotopic (exact) mass is 160 g/mol. The molecule has 0 radical (unpaired) electrons. The van der Waals surface area contributed by atoms with E-state index in [0.717, 1.165) is 5.56 Å². The molecule has 60 valence electrons. The van der Waals surface area contributed by atoms with E-state index < -0.39 is 6.10 Å². The van der Waals surface area contributed by atoms with E-state index >= 15 is 0 Å². The first-order valence-electron chi connectivity index (χ1n) is 3.49. The van der Waals surface area contributed by atoms with Crippen molar-refractivity contribution in [3.05, 3.63) is 42.2 Å². The number of nitriles is 1. The Morgan fingerprint density at radius 2 is 2.17 bits per heavy atom. The van der Waals surface area contributed by atoms with Crippen LogP contribution in [0.15, 0.2) is 36.7 Å². The minimum atomic E-state index is -0.715. The van der Waals surface area contributed by atoms with Gasteiger partial charge in [-0.25, -0.2) is 0 Å². The third kappa shape index (κ3) is 2.19. The lowest BCUT2D eigenvalue weighted by molar-refractivity contribution is 0.228. The van der Waals surface area contributed by atoms with Gasteiger partial charge in [-0.15, -0.1) is 0 Å². The predicted octanol–water partition coefficient (Wildman–Crippen LogP) is 1.19. The van der Waals surface area contributed by atoms with Crippen molar-refractivity contribution >= 4 is 0 Å². The molecule has 3 nitrogen and oxygen atoms in total. The van der Waals surface area contributed by atoms with Crippen LogP contribution in [0.1, 0.15) is 11.7 Å². The second-order valence-corrected chi connectivity index (χ2v) is 2.21. The van der Waals surface area contributed by atoms with Gasteiger partial charge in [-0.1, -0.05) is 0 Å². The number of aliphatic hydroxyl groups excluding tert-OH is 1. The Labute approximate surface area is 70.6 Å². The van der Waals surface area contributed by atoms with E-state index in [1.807, 2.05) is 6.07 Å². The molecule has 1 unspecified atom stereocenters. The average Bonchev–Trinajstić information content (AvgIpc) is 2.15. The predicted molar refractivity (Wildman–Crippen MR) is 43.9 cm³/mol. The van der Waals surface area contributed by atoms with Crippen molar-refractivity contribution in [3.63, 3.8) is 0 Å². The molecule has 0 spiro atoms. The second-order valence-electron chi connectivity index (χ2n) is 2.21. The summed E-state index contributed by atoms with van der Waals surface area (Å²) in [5.41, 5.74) is 0.733. The SMILES string of the molecule is N#C/C=C/C(O)c1ccncc1. The molecule has 0 amide bonds. The Bertz CT molecular complexity index is 300. The van der Waals surface area contributed by atoms with Crippen molar-refractivity contribution < 1.29 is 5.11 Å². The highest BCUT2D eigenvalue weighted by molar-refractivity contribution is 5.19. The number of pyridine rings is 1. The van der Waals surface area contributed by atoms with Gasteiger partial charge in [-0.3, -0.25) is 4.98 Å². The zero-order valence-electron chi connectivity index (χ0n) is 6.38. The van der Waals surface area contributed by atoms with Gasteiger partial charge in [0.15, 0.2) is 0 Å². The Balaban J connectivity index is 2.73. The number of hydrogen-bond donors (Lipinski definition) is 1. The van der Waals surface area contributed by atoms with Gasteiger partial charge in [0, 0.05) is 18.5 Å². The molecule has 0 fully saturated rings. The van der Waals surface area contributed by atoms with Crippen molar-refractivity contribution in [1.29, 1.82) is 5.26 Å². The lowest BCUT2D eigenvalue weighted by Gasteiger charge is -2.02. The molecule has 1 heterocycles. The lowest BCUT2D eigenvalue weighted by atomic mass is 10.1. The van der Waals surface area contributed by atoms with Crippen molar-refractivity contribution in [2.75, 3.05) is 0 Å². The van der Waals surface area contributed by atoms with E-state index in [4.69, 9.17) is 5.26 Å². The number of hydrogen-bond acceptors (Lipinski definition) is 3. The molecule has 0 bridgehead atoms. The molecule has 0 aliphatic heterocycles. The van der Waals surface area contributed by atoms with Crippen LogP contribution in [0, 0.1) is 11.3 Å². The first-order chi connectivity index (χ1) is 5.84. The summed E-state index contributed by atoms with van der Waals surface area (Å²) in [7, 11) is 0. The molecule has 1 atom stereocenters. The van der Waals surface area contributed by atoms with E-state index in [0.29, 0.717) is 0 Å². The zero-order valence-corrected chi connectivity index (χ0v) is 6.38. The lowest BCUT2D eigenvalue weighted by Crippen LogP contribution is -1.91. The van der Waals surface area contributed by atoms with Crippen LogP contribution >= 0.6 is 0 Å². The summed E-state index contributed by atoms with van der Waals surface area (Å²) in [6.07, 6.45) is 5.16. The normalized spacial score (nSPS) is 12.7. The van der Waals surface area contributed by atoms with Crippen LogP contribution in [0.3, 0.4) is 0 Å². The van der Waals surface area contributed by atoms with Crippen LogP contribution in [0.5, 0.6) is 0 Å². The van der Waals surface area contributed by atoms with Crippen LogP contribution in [0.25, 0.3) is 0 Å². The maximum Gasteiger partial charge on any atom is 0.0982 e. The number of nitrogens with zero attached hydrogens (tertiary/aromatic N) is 2. The molecular weight excluding hydrogens is 152 g/mol. The van der Waals surface area contributed by atoms with Crippen LogP contribution in [0.4, 0.5) is 0 Å². The standard InChI is InChI=1S/C9H8N2O/c10-5-1-2-9(12)8-3-6-11-7-4-8/h1-4,6-7,9,12H/b2-1+. The molecule has 12 heavy (non-hydrogen) atoms. The third-order valence-corrected chi connectivity index (χ3v) is 1.40. The summed E-state index contributed by atoms with van der Waals surface area (Å²) in [6.45, 7) is 0. The Morgan fingerprint density at radius 3 is 2.75 bits per heavy atom. The summed E-state index contributed by atoms with van der Waals surface area (Å²) >= 11 is 0. The van der Waals surface area contributed by atoms with Crippen LogP contribution in [-0.2, 0) is 0 Å². The molecule has 0 aliphatic rings. The maximum absolute atomic E-state index is 9.39. The number of allylic oxidation sites excluding steroid dienone is 1. The molecule has 0 saturated carbocycles. The van der Waals surface area contributed by atoms with Crippen LogP contribution in [0.2, 0.25) is 0 Å². The molecule has 0 aliphatic carbocycles. The Hall–Kier alpha value is -1.66. The minimum absolute atomic E-state index is 0.715. The quantitative estimate of drug-likeness (QED) is 0.661. The molecule has 1 rings (SSSR count). The summed E-state index contributed by atoms with van der Waals surface area (Å²) in [4.78, 5) is 3.81. The van der Waals surface area contributed by atoms with Crippen molar-refractivity contribution in [2.45, 2.75) is 6.10 Å². The molecular formula is C9H8N2O. The van der Waals surface area contributed by atoms with Crippen molar-refractivity contribution in [3.8, 4) is 6.07 Å². The summed E-state index contributed by atoms with van der Waals surface area (Å²) in [5.74, 6) is 0. The van der Waals surface area contributed by atoms with Crippen LogP contribution in [-0.4, -0.2) is 10.1 Å². The second kappa shape index (κ2) is 4.27. The van der Waals surface area contributed by atoms with E-state index in [1.165, 1.54) is 12.2 Å². The first kappa shape index (κ1) is 8.44. The number of aliphatic hydroxyl groups is 1. The summed E-state index contributed by atoms with van der Waals surface area (Å²) in [6, 6.07) is 5.21. The number of aromatic nitrogens is 1. The Kier molecular flexibility index (Phi) is 3.00. The zero-order chi connectivity index (χ0) is 8.81. The highest BCUT2D eigenvalue weighted by atomic mass is 16.3. The van der Waals surface area contributed by atoms with E-state index in [1.54, 1.807) is 24.5 Å². The molecule has 0 aromatic carbocycles. The highest BCUT2D eigenvalue weighted by Crippen LogP contribution is 2.11. The van der Waals surface area contributed by atoms with Gasteiger partial charge < -0.3 is 5.11 Å². The van der Waals surface area contributed by atoms with Gasteiger partial charge in [-0.2, -0.15) is 5.26 Å². The maximum atomic E-state index is 9.39. The van der Waals surface area contributed by atoms with Gasteiger partial charge in [0.1, 0.15) is 0 Å². The number of rotatable bonds is 2. The van der Waals surface area contributed by atoms with Gasteiger partial charge >= 0.3 is 0 Å². The van der Waals surface area contributed by atoms with E-state index in [9.17, 15) is 5.11 Å². The smallest absolute Gasteiger partial charge is 0.0982 e. The Morgan fingerprint density at radius 1 is 1.50 bits per heavy atom. The average molecular weight is 160 g/mol. The fourth-order valence-electron chi connectivity index (χ4n) is 0.806. The minimum Gasteiger partial charge on any atom is -0.384 e. The van der Waals surface area contributed by atoms with Crippen molar-refractivity contribution in [2.24, 2.45) is 0 Å². The molecule has 0 saturated heterocycles. The summed E-state index contributed by atoms with van der Waals surface area (Å²) in [5, 5.41) is 17.6. The largest absolute Gasteiger partial charge is 0.384 e. The highest BCUT2D eigenvalue weighted by Gasteiger charge is 2.00. The molecule has 1 aromatic rings. The van der Waals surface area contributed by atoms with Gasteiger partial charge in [0.2, 0.25) is 0 Å². The fraction of sp³-hybridized carbons (Fsp3) is 0.111. The van der Waals surface area contributed by atoms with Gasteiger partial charge in [0.05, 0.1) is 12.2 Å². The van der Waals surface area contributed by atoms with Crippen molar-refractivity contribution in [1.82, 2.24) is 4.98 Å². The van der Waals surface area contributed by atoms with E-state index in [-0.39, 0.29) is 0 Å². The molecule has 3 heteroatoms. The fourth-order valence-corrected chi connectivity index (χ4v) is 0.806. The van der Waals surface area contributed by atoms with Gasteiger partial charge in [0.25, 0.3) is 0 Å². The molecule has 1 aromatic heterocycles. The van der Waals surface area contributed by atoms with Crippen LogP contribution < -0.4 is 0 Å². The van der Waals surface area contributed by atoms with Gasteiger partial charge in [-0.05, 0) is 23.8 Å².